The topological polar surface area (TPSA) is 79.0 Å². The van der Waals surface area contributed by atoms with Gasteiger partial charge < -0.3 is 11.1 Å². The molecule has 0 unspecified atom stereocenters. The number of hydrogen-bond acceptors (Lipinski definition) is 2. The predicted octanol–water partition coefficient (Wildman–Crippen LogP) is 3.57. The minimum Gasteiger partial charge on any atom is -0.384 e. The molecule has 0 saturated carbocycles. The van der Waals surface area contributed by atoms with Gasteiger partial charge in [0.25, 0.3) is 5.91 Å². The number of carbonyl (C=O) groups excluding carboxylic acids is 1. The van der Waals surface area contributed by atoms with Crippen molar-refractivity contribution < 1.29 is 4.79 Å². The van der Waals surface area contributed by atoms with E-state index < -0.39 is 0 Å². The second kappa shape index (κ2) is 7.45. The van der Waals surface area contributed by atoms with E-state index in [0.717, 1.165) is 16.7 Å². The number of carbonyl (C=O) groups is 1. The number of benzene rings is 3. The molecular weight excluding hydrogens is 310 g/mol. The normalized spacial score (nSPS) is 10.2. The van der Waals surface area contributed by atoms with Crippen LogP contribution in [0.25, 0.3) is 11.1 Å². The van der Waals surface area contributed by atoms with Gasteiger partial charge in [0, 0.05) is 17.7 Å². The van der Waals surface area contributed by atoms with Gasteiger partial charge in [-0.25, -0.2) is 0 Å². The summed E-state index contributed by atoms with van der Waals surface area (Å²) in [4.78, 5) is 12.4. The lowest BCUT2D eigenvalue weighted by Crippen LogP contribution is -2.22. The third-order valence-electron chi connectivity index (χ3n) is 3.95. The maximum Gasteiger partial charge on any atom is 0.251 e. The van der Waals surface area contributed by atoms with Gasteiger partial charge in [0.1, 0.15) is 5.84 Å². The van der Waals surface area contributed by atoms with E-state index in [2.05, 4.69) is 5.32 Å². The van der Waals surface area contributed by atoms with Crippen LogP contribution in [0, 0.1) is 5.41 Å². The maximum absolute atomic E-state index is 12.4. The predicted molar refractivity (Wildman–Crippen MR) is 101 cm³/mol. The van der Waals surface area contributed by atoms with Gasteiger partial charge in [0.15, 0.2) is 0 Å². The highest BCUT2D eigenvalue weighted by Crippen LogP contribution is 2.20. The molecule has 0 radical (unpaired) electrons. The lowest BCUT2D eigenvalue weighted by Gasteiger charge is -2.08. The van der Waals surface area contributed by atoms with Crippen LogP contribution < -0.4 is 11.1 Å². The van der Waals surface area contributed by atoms with Crippen LogP contribution in [0.1, 0.15) is 21.5 Å². The summed E-state index contributed by atoms with van der Waals surface area (Å²) in [5, 5.41) is 10.3. The molecule has 0 saturated heterocycles. The Bertz CT molecular complexity index is 887. The molecule has 0 fully saturated rings. The Balaban J connectivity index is 1.68. The van der Waals surface area contributed by atoms with Crippen molar-refractivity contribution in [3.8, 4) is 11.1 Å². The lowest BCUT2D eigenvalue weighted by molar-refractivity contribution is 0.0951. The summed E-state index contributed by atoms with van der Waals surface area (Å²) in [5.74, 6) is -0.0817. The second-order valence-electron chi connectivity index (χ2n) is 5.74. The monoisotopic (exact) mass is 329 g/mol. The van der Waals surface area contributed by atoms with Crippen LogP contribution in [0.5, 0.6) is 0 Å². The molecule has 0 aliphatic rings. The van der Waals surface area contributed by atoms with Crippen molar-refractivity contribution in [3.05, 3.63) is 95.6 Å². The summed E-state index contributed by atoms with van der Waals surface area (Å²) in [6, 6.07) is 24.8. The first-order chi connectivity index (χ1) is 12.1. The average Bonchev–Trinajstić information content (AvgIpc) is 2.67. The summed E-state index contributed by atoms with van der Waals surface area (Å²) in [5.41, 5.74) is 9.79. The highest BCUT2D eigenvalue weighted by Gasteiger charge is 2.07. The van der Waals surface area contributed by atoms with Gasteiger partial charge in [0.05, 0.1) is 0 Å². The third kappa shape index (κ3) is 4.12. The molecule has 3 aromatic rings. The number of nitrogen functional groups attached to an aromatic ring is 1. The highest BCUT2D eigenvalue weighted by molar-refractivity contribution is 5.96. The van der Waals surface area contributed by atoms with E-state index >= 15 is 0 Å². The standard InChI is InChI=1S/C21H19N3O/c22-20(23)17-11-9-15(10-12-17)14-24-21(25)19-8-4-7-18(13-19)16-5-2-1-3-6-16/h1-13H,14H2,(H3,22,23)(H,24,25). The zero-order chi connectivity index (χ0) is 17.6. The zero-order valence-corrected chi connectivity index (χ0v) is 13.7. The van der Waals surface area contributed by atoms with Crippen molar-refractivity contribution in [1.29, 1.82) is 5.41 Å². The van der Waals surface area contributed by atoms with Gasteiger partial charge in [-0.1, -0.05) is 66.7 Å². The first-order valence-electron chi connectivity index (χ1n) is 8.00. The van der Waals surface area contributed by atoms with E-state index in [9.17, 15) is 4.79 Å². The zero-order valence-electron chi connectivity index (χ0n) is 13.7. The van der Waals surface area contributed by atoms with Gasteiger partial charge in [0.2, 0.25) is 0 Å². The average molecular weight is 329 g/mol. The Kier molecular flexibility index (Phi) is 4.90. The molecular formula is C21H19N3O. The quantitative estimate of drug-likeness (QED) is 0.494. The third-order valence-corrected chi connectivity index (χ3v) is 3.95. The number of amidine groups is 1. The minimum absolute atomic E-state index is 0.0355. The molecule has 25 heavy (non-hydrogen) atoms. The molecule has 124 valence electrons. The summed E-state index contributed by atoms with van der Waals surface area (Å²) >= 11 is 0. The fourth-order valence-corrected chi connectivity index (χ4v) is 2.56. The Morgan fingerprint density at radius 3 is 2.20 bits per heavy atom. The van der Waals surface area contributed by atoms with Crippen LogP contribution >= 0.6 is 0 Å². The highest BCUT2D eigenvalue weighted by atomic mass is 16.1. The van der Waals surface area contributed by atoms with Crippen LogP contribution in [0.2, 0.25) is 0 Å². The maximum atomic E-state index is 12.4. The lowest BCUT2D eigenvalue weighted by atomic mass is 10.0. The van der Waals surface area contributed by atoms with Crippen molar-refractivity contribution in [1.82, 2.24) is 5.32 Å². The van der Waals surface area contributed by atoms with Gasteiger partial charge in [-0.2, -0.15) is 0 Å². The summed E-state index contributed by atoms with van der Waals surface area (Å²) in [6.45, 7) is 0.423. The molecule has 0 aliphatic carbocycles. The fourth-order valence-electron chi connectivity index (χ4n) is 2.56. The first kappa shape index (κ1) is 16.5. The van der Waals surface area contributed by atoms with E-state index in [1.54, 1.807) is 18.2 Å². The number of nitrogens with two attached hydrogens (primary N) is 1. The van der Waals surface area contributed by atoms with Crippen LogP contribution in [0.4, 0.5) is 0 Å². The van der Waals surface area contributed by atoms with E-state index in [-0.39, 0.29) is 11.7 Å². The fraction of sp³-hybridized carbons (Fsp3) is 0.0476. The largest absolute Gasteiger partial charge is 0.384 e. The van der Waals surface area contributed by atoms with Gasteiger partial charge in [-0.05, 0) is 28.8 Å². The summed E-state index contributed by atoms with van der Waals surface area (Å²) in [7, 11) is 0. The molecule has 0 heterocycles. The van der Waals surface area contributed by atoms with Crippen molar-refractivity contribution in [2.75, 3.05) is 0 Å². The molecule has 0 bridgehead atoms. The Morgan fingerprint density at radius 2 is 1.52 bits per heavy atom. The SMILES string of the molecule is N=C(N)c1ccc(CNC(=O)c2cccc(-c3ccccc3)c2)cc1. The molecule has 4 heteroatoms. The van der Waals surface area contributed by atoms with Crippen LogP contribution in [0.15, 0.2) is 78.9 Å². The van der Waals surface area contributed by atoms with E-state index in [1.165, 1.54) is 0 Å². The molecule has 0 aromatic heterocycles. The van der Waals surface area contributed by atoms with Crippen molar-refractivity contribution in [2.45, 2.75) is 6.54 Å². The first-order valence-corrected chi connectivity index (χ1v) is 8.00. The number of nitrogens with one attached hydrogen (secondary N) is 2. The molecule has 0 atom stereocenters. The summed E-state index contributed by atoms with van der Waals surface area (Å²) in [6.07, 6.45) is 0. The van der Waals surface area contributed by atoms with Crippen molar-refractivity contribution in [2.24, 2.45) is 5.73 Å². The molecule has 4 nitrogen and oxygen atoms in total. The van der Waals surface area contributed by atoms with Gasteiger partial charge >= 0.3 is 0 Å². The van der Waals surface area contributed by atoms with E-state index in [0.29, 0.717) is 17.7 Å². The van der Waals surface area contributed by atoms with E-state index in [4.69, 9.17) is 11.1 Å². The Hall–Kier alpha value is -3.40. The molecule has 3 aromatic carbocycles. The molecule has 0 spiro atoms. The smallest absolute Gasteiger partial charge is 0.251 e. The Labute approximate surface area is 146 Å². The number of amides is 1. The number of rotatable bonds is 5. The van der Waals surface area contributed by atoms with Crippen LogP contribution in [0.3, 0.4) is 0 Å². The summed E-state index contributed by atoms with van der Waals surface area (Å²) < 4.78 is 0. The molecule has 0 aliphatic heterocycles. The van der Waals surface area contributed by atoms with E-state index in [1.807, 2.05) is 60.7 Å². The van der Waals surface area contributed by atoms with Crippen LogP contribution in [-0.2, 0) is 6.54 Å². The second-order valence-corrected chi connectivity index (χ2v) is 5.74. The molecule has 1 amide bonds. The van der Waals surface area contributed by atoms with Crippen molar-refractivity contribution in [3.63, 3.8) is 0 Å². The van der Waals surface area contributed by atoms with Crippen LogP contribution in [-0.4, -0.2) is 11.7 Å². The molecule has 3 rings (SSSR count). The van der Waals surface area contributed by atoms with Gasteiger partial charge in [-0.15, -0.1) is 0 Å². The minimum atomic E-state index is -0.117. The van der Waals surface area contributed by atoms with Gasteiger partial charge in [-0.3, -0.25) is 10.2 Å². The van der Waals surface area contributed by atoms with Crippen molar-refractivity contribution >= 4 is 11.7 Å². The molecule has 4 N–H and O–H groups in total. The Morgan fingerprint density at radius 1 is 0.840 bits per heavy atom. The number of hydrogen-bond donors (Lipinski definition) is 3.